The average Bonchev–Trinajstić information content (AvgIpc) is 1.36. The lowest BCUT2D eigenvalue weighted by Crippen LogP contribution is -2.61. The number of unbranched alkanes of at least 4 members (excludes halogenated alkanes) is 5. The molecule has 0 spiro atoms. The van der Waals surface area contributed by atoms with Crippen LogP contribution in [-0.2, 0) is 105 Å². The normalized spacial score (nSPS) is 13.7. The molecule has 2 heterocycles. The van der Waals surface area contributed by atoms with Crippen LogP contribution in [0.4, 0.5) is 0 Å². The lowest BCUT2D eigenvalue weighted by atomic mass is 9.77. The summed E-state index contributed by atoms with van der Waals surface area (Å²) in [6.45, 7) is 2.50. The molecule has 0 bridgehead atoms. The summed E-state index contributed by atoms with van der Waals surface area (Å²) in [6.07, 6.45) is 8.56. The standard InChI is InChI=1S/C94H122N22O16/c1-3-4-5-6-22-38-81(121)102-47-24-23-36-70(108-84(124)69(95)52-67-55-116(58-105-67)94(63-30-16-9-17-31-63,64-32-18-10-19-33-64)65-34-20-11-21-35-65)87(127)112-75(50-61-28-14-8-15-29-61)89(129)113-76(51-62-39-41-68(118)42-40-62)90(130)115-78(56-117)92(132)114-77(53-66-54-101-57-104-66)91(131)110-73(44-46-80(97)120)88(128)109-72(43-45-79(96)119)85(125)106-59(2)83(123)107-71(37-25-48-103-93(99)100)86(126)111-74(82(98)122)49-60-26-12-7-13-27-60/h7-21,26-35,39-42,54-55,57-59,69-78,117-118H,3-6,22-25,36-38,43-53,56,95H2,1-2H3,(H2,96,119)(H2,97,120)(H2,98,122)(H,101,104)(H,102,121)(H,106,125)(H,107,123)(H,108,124)(H,109,128)(H,110,131)(H,111,126)(H,112,127)(H,113,129)(H,114,132)(H,115,130)(H4,99,100,103)/t59-,69-,70-,71-,72-,73-,74-,75-,76-,77-,78-/m0/s1. The third-order valence-corrected chi connectivity index (χ3v) is 22.0. The highest BCUT2D eigenvalue weighted by Gasteiger charge is 2.41. The van der Waals surface area contributed by atoms with Gasteiger partial charge in [0.2, 0.25) is 82.7 Å². The number of hydrogen-bond donors (Lipinski definition) is 21. The number of aliphatic hydroxyl groups is 1. The molecule has 0 aliphatic heterocycles. The van der Waals surface area contributed by atoms with E-state index >= 15 is 14.4 Å². The summed E-state index contributed by atoms with van der Waals surface area (Å²) >= 11 is 0. The molecule has 14 amide bonds. The molecule has 0 aliphatic rings. The number of guanidine groups is 1. The van der Waals surface area contributed by atoms with Crippen LogP contribution in [-0.4, -0.2) is 205 Å². The number of hydrogen-bond acceptors (Lipinski definition) is 20. The number of aromatic nitrogens is 4. The fraction of sp³-hybridized carbons (Fsp3) is 0.394. The van der Waals surface area contributed by atoms with Crippen molar-refractivity contribution in [1.82, 2.24) is 83.3 Å². The molecule has 38 nitrogen and oxygen atoms in total. The number of amides is 14. The van der Waals surface area contributed by atoms with Crippen molar-refractivity contribution >= 4 is 88.7 Å². The number of H-pyrrole nitrogens is 1. The van der Waals surface area contributed by atoms with E-state index in [1.54, 1.807) is 67.0 Å². The van der Waals surface area contributed by atoms with Gasteiger partial charge in [0.05, 0.1) is 36.7 Å². The van der Waals surface area contributed by atoms with Crippen LogP contribution in [0.2, 0.25) is 0 Å². The van der Waals surface area contributed by atoms with Crippen molar-refractivity contribution in [2.24, 2.45) is 28.7 Å². The van der Waals surface area contributed by atoms with Crippen LogP contribution in [0.3, 0.4) is 0 Å². The summed E-state index contributed by atoms with van der Waals surface area (Å²) < 4.78 is 1.98. The number of primary amides is 3. The predicted molar refractivity (Wildman–Crippen MR) is 490 cm³/mol. The van der Waals surface area contributed by atoms with Gasteiger partial charge in [0.1, 0.15) is 71.7 Å². The zero-order valence-electron chi connectivity index (χ0n) is 74.0. The molecule has 0 saturated carbocycles. The van der Waals surface area contributed by atoms with E-state index in [1.807, 2.05) is 102 Å². The smallest absolute Gasteiger partial charge is 0.245 e. The first kappa shape index (κ1) is 103. The summed E-state index contributed by atoms with van der Waals surface area (Å²) in [5, 5.41) is 60.2. The van der Waals surface area contributed by atoms with E-state index in [0.717, 1.165) is 48.8 Å². The number of nitrogens with two attached hydrogens (primary N) is 5. The molecular formula is C94H122N22O16. The maximum atomic E-state index is 15.3. The number of carbonyl (C=O) groups excluding carboxylic acids is 14. The number of carbonyl (C=O) groups is 14. The molecule has 132 heavy (non-hydrogen) atoms. The van der Waals surface area contributed by atoms with Gasteiger partial charge >= 0.3 is 0 Å². The van der Waals surface area contributed by atoms with Gasteiger partial charge in [-0.1, -0.05) is 196 Å². The first-order chi connectivity index (χ1) is 63.4. The molecular weight excluding hydrogens is 1690 g/mol. The molecule has 0 fully saturated rings. The van der Waals surface area contributed by atoms with E-state index in [1.165, 1.54) is 43.7 Å². The summed E-state index contributed by atoms with van der Waals surface area (Å²) in [4.78, 5) is 208. The number of nitrogens with zero attached hydrogens (tertiary/aromatic N) is 3. The first-order valence-electron chi connectivity index (χ1n) is 44.1. The molecule has 0 aliphatic carbocycles. The number of benzene rings is 6. The Kier molecular flexibility index (Phi) is 41.5. The number of aliphatic hydroxyl groups excluding tert-OH is 1. The maximum Gasteiger partial charge on any atom is 0.245 e. The SMILES string of the molecule is CCCCCCCC(=O)NCCCC[C@H](NC(=O)[C@@H](N)Cc1cn(C(c2ccccc2)(c2ccccc2)c2ccccc2)cn1)C(=O)N[C@@H](Cc1ccccc1)C(=O)N[C@@H](Cc1ccc(O)cc1)C(=O)N[C@@H](CO)C(=O)N[C@@H](Cc1c[nH]cn1)C(=O)N[C@@H](CCC(N)=O)C(=O)N[C@@H](CCC(N)=O)C(=O)N[C@@H](C)C(=O)N[C@@H](CCCNC(=N)N)C(=O)N[C@@H](Cc1ccccc1)C(N)=O. The van der Waals surface area contributed by atoms with Gasteiger partial charge in [0.15, 0.2) is 5.96 Å². The molecule has 0 saturated heterocycles. The van der Waals surface area contributed by atoms with Crippen LogP contribution in [0.25, 0.3) is 0 Å². The number of imidazole rings is 2. The van der Waals surface area contributed by atoms with E-state index in [-0.39, 0.29) is 87.8 Å². The van der Waals surface area contributed by atoms with E-state index in [0.29, 0.717) is 35.2 Å². The molecule has 2 aromatic heterocycles. The van der Waals surface area contributed by atoms with E-state index in [2.05, 4.69) is 80.7 Å². The summed E-state index contributed by atoms with van der Waals surface area (Å²) in [6, 6.07) is 35.1. The quantitative estimate of drug-likeness (QED) is 0.0108. The molecule has 38 heteroatoms. The van der Waals surface area contributed by atoms with Crippen molar-refractivity contribution in [2.75, 3.05) is 19.7 Å². The second-order valence-electron chi connectivity index (χ2n) is 32.3. The minimum absolute atomic E-state index is 0.00877. The number of aromatic hydroxyl groups is 1. The minimum Gasteiger partial charge on any atom is -0.508 e. The molecule has 8 rings (SSSR count). The van der Waals surface area contributed by atoms with E-state index < -0.39 is 188 Å². The Morgan fingerprint density at radius 3 is 1.28 bits per heavy atom. The van der Waals surface area contributed by atoms with Crippen molar-refractivity contribution in [1.29, 1.82) is 5.41 Å². The zero-order valence-corrected chi connectivity index (χ0v) is 74.0. The van der Waals surface area contributed by atoms with Crippen LogP contribution in [0, 0.1) is 5.41 Å². The van der Waals surface area contributed by atoms with Crippen molar-refractivity contribution < 1.29 is 77.3 Å². The third-order valence-electron chi connectivity index (χ3n) is 22.0. The highest BCUT2D eigenvalue weighted by Crippen LogP contribution is 2.41. The van der Waals surface area contributed by atoms with Gasteiger partial charge in [0.25, 0.3) is 0 Å². The highest BCUT2D eigenvalue weighted by atomic mass is 16.3. The second-order valence-corrected chi connectivity index (χ2v) is 32.3. The van der Waals surface area contributed by atoms with Gasteiger partial charge in [-0.3, -0.25) is 72.5 Å². The first-order valence-corrected chi connectivity index (χ1v) is 44.1. The largest absolute Gasteiger partial charge is 0.508 e. The van der Waals surface area contributed by atoms with Gasteiger partial charge < -0.3 is 112 Å². The fourth-order valence-corrected chi connectivity index (χ4v) is 14.9. The van der Waals surface area contributed by atoms with Crippen molar-refractivity contribution in [3.8, 4) is 5.75 Å². The van der Waals surface area contributed by atoms with Crippen LogP contribution in [0.15, 0.2) is 201 Å². The lowest BCUT2D eigenvalue weighted by Gasteiger charge is -2.37. The number of phenolic OH excluding ortho intramolecular Hbond substituents is 1. The van der Waals surface area contributed by atoms with Crippen molar-refractivity contribution in [3.63, 3.8) is 0 Å². The van der Waals surface area contributed by atoms with Crippen molar-refractivity contribution in [2.45, 2.75) is 214 Å². The summed E-state index contributed by atoms with van der Waals surface area (Å²) in [5.74, 6) is -13.5. The van der Waals surface area contributed by atoms with Gasteiger partial charge in [-0.2, -0.15) is 0 Å². The Bertz CT molecular complexity index is 5000. The number of nitrogens with one attached hydrogen (secondary N) is 14. The van der Waals surface area contributed by atoms with Crippen LogP contribution >= 0.6 is 0 Å². The second kappa shape index (κ2) is 53.3. The molecule has 6 aromatic carbocycles. The van der Waals surface area contributed by atoms with Gasteiger partial charge in [-0.25, -0.2) is 9.97 Å². The third kappa shape index (κ3) is 33.1. The van der Waals surface area contributed by atoms with Crippen LogP contribution < -0.4 is 92.5 Å². The monoisotopic (exact) mass is 1810 g/mol. The van der Waals surface area contributed by atoms with Crippen LogP contribution in [0.1, 0.15) is 155 Å². The Hall–Kier alpha value is -14.7. The Morgan fingerprint density at radius 1 is 0.409 bits per heavy atom. The van der Waals surface area contributed by atoms with Gasteiger partial charge in [0, 0.05) is 76.8 Å². The van der Waals surface area contributed by atoms with Gasteiger partial charge in [-0.15, -0.1) is 0 Å². The van der Waals surface area contributed by atoms with E-state index in [4.69, 9.17) is 39.1 Å². The lowest BCUT2D eigenvalue weighted by molar-refractivity contribution is -0.136. The number of rotatable bonds is 57. The molecule has 11 atom stereocenters. The molecule has 26 N–H and O–H groups in total. The topological polar surface area (TPSA) is 624 Å². The Labute approximate surface area is 765 Å². The fourth-order valence-electron chi connectivity index (χ4n) is 14.9. The number of aromatic amines is 1. The Morgan fingerprint density at radius 2 is 0.811 bits per heavy atom. The molecule has 8 aromatic rings. The average molecular weight is 1820 g/mol. The molecule has 0 radical (unpaired) electrons. The zero-order chi connectivity index (χ0) is 95.5. The summed E-state index contributed by atoms with van der Waals surface area (Å²) in [5.41, 5.74) is 32.9. The predicted octanol–water partition coefficient (Wildman–Crippen LogP) is 0.779. The number of phenols is 1. The van der Waals surface area contributed by atoms with Crippen LogP contribution in [0.5, 0.6) is 5.75 Å². The maximum absolute atomic E-state index is 15.3. The minimum atomic E-state index is -1.95. The highest BCUT2D eigenvalue weighted by molar-refractivity contribution is 6.00. The van der Waals surface area contributed by atoms with Crippen molar-refractivity contribution in [3.05, 3.63) is 246 Å². The van der Waals surface area contributed by atoms with E-state index in [9.17, 15) is 63.0 Å². The summed E-state index contributed by atoms with van der Waals surface area (Å²) in [7, 11) is 0. The molecule has 704 valence electrons. The van der Waals surface area contributed by atoms with Gasteiger partial charge in [-0.05, 0) is 104 Å². The molecule has 0 unspecified atom stereocenters. The Balaban J connectivity index is 1.00.